The number of nitrogens with one attached hydrogen (secondary N) is 1. The topological polar surface area (TPSA) is 71.3 Å². The zero-order chi connectivity index (χ0) is 15.6. The summed E-state index contributed by atoms with van der Waals surface area (Å²) in [6.45, 7) is 2.61. The molecule has 0 spiro atoms. The van der Waals surface area contributed by atoms with E-state index in [2.05, 4.69) is 20.4 Å². The molecule has 0 atom stereocenters. The van der Waals surface area contributed by atoms with Gasteiger partial charge in [-0.05, 0) is 37.3 Å². The molecular weight excluding hydrogens is 292 g/mol. The van der Waals surface area contributed by atoms with Crippen LogP contribution in [0.2, 0.25) is 0 Å². The molecule has 120 valence electrons. The van der Waals surface area contributed by atoms with Crippen LogP contribution in [0, 0.1) is 0 Å². The Hall–Kier alpha value is -2.37. The van der Waals surface area contributed by atoms with Crippen LogP contribution in [0.15, 0.2) is 28.9 Å². The van der Waals surface area contributed by atoms with E-state index in [1.165, 1.54) is 12.8 Å². The van der Waals surface area contributed by atoms with Crippen LogP contribution in [0.4, 0.5) is 5.82 Å². The van der Waals surface area contributed by atoms with E-state index in [9.17, 15) is 4.79 Å². The Labute approximate surface area is 134 Å². The van der Waals surface area contributed by atoms with Crippen LogP contribution >= 0.6 is 0 Å². The summed E-state index contributed by atoms with van der Waals surface area (Å²) in [5.41, 5.74) is 1.33. The zero-order valence-corrected chi connectivity index (χ0v) is 13.0. The van der Waals surface area contributed by atoms with E-state index in [-0.39, 0.29) is 5.91 Å². The third-order valence-corrected chi connectivity index (χ3v) is 4.43. The lowest BCUT2D eigenvalue weighted by Gasteiger charge is -2.16. The normalized spacial score (nSPS) is 17.5. The fraction of sp³-hybridized carbons (Fsp3) is 0.471. The van der Waals surface area contributed by atoms with Gasteiger partial charge in [0.15, 0.2) is 5.69 Å². The van der Waals surface area contributed by atoms with Gasteiger partial charge in [0.1, 0.15) is 11.6 Å². The second-order valence-electron chi connectivity index (χ2n) is 6.29. The molecule has 3 heterocycles. The number of amides is 1. The smallest absolute Gasteiger partial charge is 0.273 e. The van der Waals surface area contributed by atoms with Gasteiger partial charge in [-0.2, -0.15) is 0 Å². The molecular formula is C17H20N4O2. The summed E-state index contributed by atoms with van der Waals surface area (Å²) >= 11 is 0. The molecule has 1 saturated heterocycles. The molecule has 0 unspecified atom stereocenters. The first-order valence-electron chi connectivity index (χ1n) is 8.24. The van der Waals surface area contributed by atoms with Gasteiger partial charge in [-0.1, -0.05) is 11.2 Å². The highest BCUT2D eigenvalue weighted by Gasteiger charge is 2.28. The van der Waals surface area contributed by atoms with Crippen molar-refractivity contribution in [2.45, 2.75) is 38.1 Å². The van der Waals surface area contributed by atoms with E-state index in [1.54, 1.807) is 6.07 Å². The predicted octanol–water partition coefficient (Wildman–Crippen LogP) is 2.48. The van der Waals surface area contributed by atoms with Crippen molar-refractivity contribution in [2.24, 2.45) is 0 Å². The Bertz CT molecular complexity index is 685. The summed E-state index contributed by atoms with van der Waals surface area (Å²) in [5, 5.41) is 6.71. The van der Waals surface area contributed by atoms with Gasteiger partial charge < -0.3 is 14.7 Å². The number of carbonyl (C=O) groups is 1. The van der Waals surface area contributed by atoms with Crippen LogP contribution in [0.3, 0.4) is 0 Å². The van der Waals surface area contributed by atoms with Gasteiger partial charge in [-0.3, -0.25) is 4.79 Å². The maximum Gasteiger partial charge on any atom is 0.273 e. The van der Waals surface area contributed by atoms with Crippen molar-refractivity contribution in [3.63, 3.8) is 0 Å². The summed E-state index contributed by atoms with van der Waals surface area (Å²) in [7, 11) is 0. The zero-order valence-electron chi connectivity index (χ0n) is 13.0. The lowest BCUT2D eigenvalue weighted by atomic mass is 10.2. The van der Waals surface area contributed by atoms with Crippen LogP contribution in [-0.4, -0.2) is 29.1 Å². The first kappa shape index (κ1) is 14.2. The minimum absolute atomic E-state index is 0.204. The standard InChI is InChI=1S/C17H20N4O2/c22-17(14-9-15(23-20-14)13-4-5-13)19-11-12-3-6-16(18-10-12)21-7-1-2-8-21/h3,6,9-10,13H,1-2,4-5,7-8,11H2,(H,19,22). The van der Waals surface area contributed by atoms with Crippen LogP contribution in [0.5, 0.6) is 0 Å². The Kier molecular flexibility index (Phi) is 3.73. The number of pyridine rings is 1. The van der Waals surface area contributed by atoms with E-state index in [1.807, 2.05) is 18.3 Å². The number of carbonyl (C=O) groups excluding carboxylic acids is 1. The Morgan fingerprint density at radius 1 is 1.30 bits per heavy atom. The van der Waals surface area contributed by atoms with E-state index in [4.69, 9.17) is 4.52 Å². The van der Waals surface area contributed by atoms with Crippen molar-refractivity contribution >= 4 is 11.7 Å². The summed E-state index contributed by atoms with van der Waals surface area (Å²) in [6, 6.07) is 5.79. The van der Waals surface area contributed by atoms with E-state index in [0.717, 1.165) is 43.1 Å². The lowest BCUT2D eigenvalue weighted by Crippen LogP contribution is -2.23. The molecule has 0 aromatic carbocycles. The number of anilines is 1. The van der Waals surface area contributed by atoms with Crippen LogP contribution in [-0.2, 0) is 6.54 Å². The second kappa shape index (κ2) is 6.02. The largest absolute Gasteiger partial charge is 0.360 e. The SMILES string of the molecule is O=C(NCc1ccc(N2CCCC2)nc1)c1cc(C2CC2)on1. The number of nitrogens with zero attached hydrogens (tertiary/aromatic N) is 3. The summed E-state index contributed by atoms with van der Waals surface area (Å²) < 4.78 is 5.21. The minimum atomic E-state index is -0.204. The highest BCUT2D eigenvalue weighted by atomic mass is 16.5. The molecule has 1 aliphatic carbocycles. The fourth-order valence-electron chi connectivity index (χ4n) is 2.88. The summed E-state index contributed by atoms with van der Waals surface area (Å²) in [4.78, 5) is 18.9. The molecule has 2 aromatic rings. The van der Waals surface area contributed by atoms with E-state index in [0.29, 0.717) is 18.2 Å². The molecule has 1 saturated carbocycles. The number of aromatic nitrogens is 2. The monoisotopic (exact) mass is 312 g/mol. The highest BCUT2D eigenvalue weighted by molar-refractivity contribution is 5.92. The van der Waals surface area contributed by atoms with Gasteiger partial charge in [0.25, 0.3) is 5.91 Å². The molecule has 2 aromatic heterocycles. The molecule has 1 N–H and O–H groups in total. The second-order valence-corrected chi connectivity index (χ2v) is 6.29. The maximum atomic E-state index is 12.1. The van der Waals surface area contributed by atoms with Crippen molar-refractivity contribution < 1.29 is 9.32 Å². The van der Waals surface area contributed by atoms with Crippen molar-refractivity contribution in [1.82, 2.24) is 15.5 Å². The van der Waals surface area contributed by atoms with Crippen LogP contribution in [0.25, 0.3) is 0 Å². The van der Waals surface area contributed by atoms with Gasteiger partial charge in [0.05, 0.1) is 0 Å². The van der Waals surface area contributed by atoms with Crippen molar-refractivity contribution in [3.8, 4) is 0 Å². The number of hydrogen-bond donors (Lipinski definition) is 1. The molecule has 1 aliphatic heterocycles. The van der Waals surface area contributed by atoms with Gasteiger partial charge in [0, 0.05) is 37.8 Å². The van der Waals surface area contributed by atoms with Crippen LogP contribution in [0.1, 0.15) is 53.4 Å². The molecule has 0 bridgehead atoms. The molecule has 6 heteroatoms. The van der Waals surface area contributed by atoms with Crippen LogP contribution < -0.4 is 10.2 Å². The first-order valence-corrected chi connectivity index (χ1v) is 8.24. The lowest BCUT2D eigenvalue weighted by molar-refractivity contribution is 0.0941. The Balaban J connectivity index is 1.33. The molecule has 4 rings (SSSR count). The molecule has 0 radical (unpaired) electrons. The summed E-state index contributed by atoms with van der Waals surface area (Å²) in [5.74, 6) is 2.10. The van der Waals surface area contributed by atoms with E-state index < -0.39 is 0 Å². The molecule has 2 fully saturated rings. The number of hydrogen-bond acceptors (Lipinski definition) is 5. The van der Waals surface area contributed by atoms with Gasteiger partial charge in [0.2, 0.25) is 0 Å². The summed E-state index contributed by atoms with van der Waals surface area (Å²) in [6.07, 6.45) is 6.56. The average Bonchev–Trinajstić information content (AvgIpc) is 3.10. The van der Waals surface area contributed by atoms with Gasteiger partial charge >= 0.3 is 0 Å². The van der Waals surface area contributed by atoms with E-state index >= 15 is 0 Å². The third-order valence-electron chi connectivity index (χ3n) is 4.43. The quantitative estimate of drug-likeness (QED) is 0.918. The third kappa shape index (κ3) is 3.21. The van der Waals surface area contributed by atoms with Crippen molar-refractivity contribution in [3.05, 3.63) is 41.4 Å². The Morgan fingerprint density at radius 2 is 2.13 bits per heavy atom. The molecule has 1 amide bonds. The number of rotatable bonds is 5. The molecule has 6 nitrogen and oxygen atoms in total. The first-order chi connectivity index (χ1) is 11.3. The average molecular weight is 312 g/mol. The van der Waals surface area contributed by atoms with Gasteiger partial charge in [-0.15, -0.1) is 0 Å². The molecule has 23 heavy (non-hydrogen) atoms. The Morgan fingerprint density at radius 3 is 2.83 bits per heavy atom. The minimum Gasteiger partial charge on any atom is -0.360 e. The van der Waals surface area contributed by atoms with Gasteiger partial charge in [-0.25, -0.2) is 4.98 Å². The maximum absolute atomic E-state index is 12.1. The molecule has 2 aliphatic rings. The highest BCUT2D eigenvalue weighted by Crippen LogP contribution is 2.40. The predicted molar refractivity (Wildman–Crippen MR) is 85.3 cm³/mol. The van der Waals surface area contributed by atoms with Crippen molar-refractivity contribution in [2.75, 3.05) is 18.0 Å². The fourth-order valence-corrected chi connectivity index (χ4v) is 2.88. The van der Waals surface area contributed by atoms with Crippen molar-refractivity contribution in [1.29, 1.82) is 0 Å².